The fraction of sp³-hybridized carbons (Fsp3) is 0.417. The molecule has 1 N–H and O–H groups in total. The Bertz CT molecular complexity index is 781. The second kappa shape index (κ2) is 12.9. The number of nitrogens with zero attached hydrogens (tertiary/aromatic N) is 1. The van der Waals surface area contributed by atoms with Gasteiger partial charge in [0.25, 0.3) is 0 Å². The van der Waals surface area contributed by atoms with Crippen molar-refractivity contribution in [3.05, 3.63) is 65.2 Å². The highest BCUT2D eigenvalue weighted by Gasteiger charge is 2.25. The topological polar surface area (TPSA) is 58.6 Å². The van der Waals surface area contributed by atoms with Crippen molar-refractivity contribution in [2.24, 2.45) is 0 Å². The van der Waals surface area contributed by atoms with Gasteiger partial charge in [0, 0.05) is 24.5 Å². The molecule has 2 aromatic carbocycles. The van der Waals surface area contributed by atoms with Crippen LogP contribution >= 0.6 is 11.6 Å². The molecule has 2 aromatic rings. The van der Waals surface area contributed by atoms with Crippen molar-refractivity contribution < 1.29 is 14.3 Å². The first kappa shape index (κ1) is 23.7. The predicted molar refractivity (Wildman–Crippen MR) is 121 cm³/mol. The molecule has 0 saturated heterocycles. The van der Waals surface area contributed by atoms with Crippen LogP contribution in [0.4, 0.5) is 0 Å². The van der Waals surface area contributed by atoms with Crippen LogP contribution in [0, 0.1) is 0 Å². The van der Waals surface area contributed by atoms with E-state index in [1.165, 1.54) is 0 Å². The first-order chi connectivity index (χ1) is 14.5. The Morgan fingerprint density at radius 1 is 1.07 bits per heavy atom. The van der Waals surface area contributed by atoms with Gasteiger partial charge in [0.1, 0.15) is 11.8 Å². The highest BCUT2D eigenvalue weighted by atomic mass is 35.5. The first-order valence-electron chi connectivity index (χ1n) is 10.5. The van der Waals surface area contributed by atoms with Gasteiger partial charge in [-0.3, -0.25) is 9.59 Å². The van der Waals surface area contributed by atoms with Crippen molar-refractivity contribution >= 4 is 23.4 Å². The Morgan fingerprint density at radius 2 is 1.77 bits per heavy atom. The van der Waals surface area contributed by atoms with Gasteiger partial charge in [-0.25, -0.2) is 0 Å². The number of nitrogens with one attached hydrogen (secondary N) is 1. The van der Waals surface area contributed by atoms with Crippen molar-refractivity contribution in [3.63, 3.8) is 0 Å². The van der Waals surface area contributed by atoms with Gasteiger partial charge in [0.15, 0.2) is 0 Å². The summed E-state index contributed by atoms with van der Waals surface area (Å²) >= 11 is 5.87. The average Bonchev–Trinajstić information content (AvgIpc) is 2.76. The number of hydrogen-bond donors (Lipinski definition) is 1. The second-order valence-corrected chi connectivity index (χ2v) is 7.67. The lowest BCUT2D eigenvalue weighted by molar-refractivity contribution is -0.140. The number of amides is 2. The minimum atomic E-state index is -0.535. The molecule has 0 aliphatic heterocycles. The Balaban J connectivity index is 1.93. The third-order valence-corrected chi connectivity index (χ3v) is 5.06. The normalized spacial score (nSPS) is 11.6. The van der Waals surface area contributed by atoms with E-state index >= 15 is 0 Å². The summed E-state index contributed by atoms with van der Waals surface area (Å²) < 4.78 is 5.67. The van der Waals surface area contributed by atoms with Crippen molar-refractivity contribution in [1.29, 1.82) is 0 Å². The van der Waals surface area contributed by atoms with Crippen LogP contribution in [0.2, 0.25) is 5.02 Å². The van der Waals surface area contributed by atoms with E-state index in [4.69, 9.17) is 16.3 Å². The monoisotopic (exact) mass is 430 g/mol. The Morgan fingerprint density at radius 3 is 2.43 bits per heavy atom. The number of rotatable bonds is 12. The zero-order valence-electron chi connectivity index (χ0n) is 17.8. The maximum absolute atomic E-state index is 13.0. The van der Waals surface area contributed by atoms with Gasteiger partial charge < -0.3 is 15.0 Å². The van der Waals surface area contributed by atoms with Crippen LogP contribution in [-0.2, 0) is 16.1 Å². The zero-order valence-corrected chi connectivity index (χ0v) is 18.5. The van der Waals surface area contributed by atoms with Crippen LogP contribution in [0.1, 0.15) is 45.1 Å². The van der Waals surface area contributed by atoms with Crippen LogP contribution in [0.15, 0.2) is 54.6 Å². The van der Waals surface area contributed by atoms with Crippen LogP contribution in [0.3, 0.4) is 0 Å². The molecular formula is C24H31ClN2O3. The van der Waals surface area contributed by atoms with E-state index in [9.17, 15) is 9.59 Å². The maximum atomic E-state index is 13.0. The summed E-state index contributed by atoms with van der Waals surface area (Å²) in [5.74, 6) is 0.540. The standard InChI is InChI=1S/C24H31ClN2O3/c1-3-4-16-26-24(29)19(2)27(18-20-9-6-5-7-10-20)23(28)11-8-17-30-22-14-12-21(25)13-15-22/h5-7,9-10,12-15,19H,3-4,8,11,16-18H2,1-2H3,(H,26,29)/t19-/m0/s1. The van der Waals surface area contributed by atoms with Crippen molar-refractivity contribution in [2.75, 3.05) is 13.2 Å². The lowest BCUT2D eigenvalue weighted by Crippen LogP contribution is -2.47. The van der Waals surface area contributed by atoms with Gasteiger partial charge in [-0.2, -0.15) is 0 Å². The van der Waals surface area contributed by atoms with Crippen LogP contribution < -0.4 is 10.1 Å². The largest absolute Gasteiger partial charge is 0.494 e. The van der Waals surface area contributed by atoms with E-state index in [0.29, 0.717) is 37.6 Å². The fourth-order valence-electron chi connectivity index (χ4n) is 2.99. The highest BCUT2D eigenvalue weighted by Crippen LogP contribution is 2.16. The summed E-state index contributed by atoms with van der Waals surface area (Å²) in [6.07, 6.45) is 2.81. The molecule has 0 aliphatic rings. The molecule has 0 aromatic heterocycles. The molecule has 0 unspecified atom stereocenters. The minimum Gasteiger partial charge on any atom is -0.494 e. The molecule has 0 fully saturated rings. The molecule has 30 heavy (non-hydrogen) atoms. The molecule has 5 nitrogen and oxygen atoms in total. The van der Waals surface area contributed by atoms with Crippen molar-refractivity contribution in [2.45, 2.75) is 52.1 Å². The van der Waals surface area contributed by atoms with Gasteiger partial charge >= 0.3 is 0 Å². The Hall–Kier alpha value is -2.53. The van der Waals surface area contributed by atoms with Crippen LogP contribution in [-0.4, -0.2) is 35.9 Å². The molecule has 2 rings (SSSR count). The van der Waals surface area contributed by atoms with Gasteiger partial charge in [0.05, 0.1) is 6.61 Å². The Kier molecular flexibility index (Phi) is 10.2. The molecule has 6 heteroatoms. The van der Waals surface area contributed by atoms with Crippen molar-refractivity contribution in [3.8, 4) is 5.75 Å². The van der Waals surface area contributed by atoms with E-state index in [2.05, 4.69) is 12.2 Å². The van der Waals surface area contributed by atoms with E-state index in [1.54, 1.807) is 36.1 Å². The predicted octanol–water partition coefficient (Wildman–Crippen LogP) is 4.83. The molecule has 0 saturated carbocycles. The summed E-state index contributed by atoms with van der Waals surface area (Å²) in [6, 6.07) is 16.3. The smallest absolute Gasteiger partial charge is 0.242 e. The molecular weight excluding hydrogens is 400 g/mol. The minimum absolute atomic E-state index is 0.0586. The number of hydrogen-bond acceptors (Lipinski definition) is 3. The molecule has 0 heterocycles. The van der Waals surface area contributed by atoms with Gasteiger partial charge in [-0.05, 0) is 49.6 Å². The first-order valence-corrected chi connectivity index (χ1v) is 10.9. The summed E-state index contributed by atoms with van der Waals surface area (Å²) in [6.45, 7) is 5.31. The number of carbonyl (C=O) groups is 2. The average molecular weight is 431 g/mol. The van der Waals surface area contributed by atoms with Gasteiger partial charge in [-0.15, -0.1) is 0 Å². The van der Waals surface area contributed by atoms with Crippen LogP contribution in [0.25, 0.3) is 0 Å². The molecule has 0 bridgehead atoms. The molecule has 0 radical (unpaired) electrons. The molecule has 162 valence electrons. The van der Waals surface area contributed by atoms with Gasteiger partial charge in [-0.1, -0.05) is 55.3 Å². The second-order valence-electron chi connectivity index (χ2n) is 7.23. The van der Waals surface area contributed by atoms with Gasteiger partial charge in [0.2, 0.25) is 11.8 Å². The summed E-state index contributed by atoms with van der Waals surface area (Å²) in [4.78, 5) is 27.2. The highest BCUT2D eigenvalue weighted by molar-refractivity contribution is 6.30. The van der Waals surface area contributed by atoms with E-state index < -0.39 is 6.04 Å². The lowest BCUT2D eigenvalue weighted by Gasteiger charge is -2.29. The molecule has 0 spiro atoms. The summed E-state index contributed by atoms with van der Waals surface area (Å²) in [7, 11) is 0. The maximum Gasteiger partial charge on any atom is 0.242 e. The lowest BCUT2D eigenvalue weighted by atomic mass is 10.1. The Labute approximate surface area is 184 Å². The van der Waals surface area contributed by atoms with E-state index in [-0.39, 0.29) is 11.8 Å². The third-order valence-electron chi connectivity index (χ3n) is 4.81. The number of halogens is 1. The number of carbonyl (C=O) groups excluding carboxylic acids is 2. The number of benzene rings is 2. The van der Waals surface area contributed by atoms with E-state index in [1.807, 2.05) is 30.3 Å². The molecule has 2 amide bonds. The fourth-order valence-corrected chi connectivity index (χ4v) is 3.11. The summed E-state index contributed by atoms with van der Waals surface area (Å²) in [5.41, 5.74) is 0.997. The quantitative estimate of drug-likeness (QED) is 0.490. The van der Waals surface area contributed by atoms with Crippen LogP contribution in [0.5, 0.6) is 5.75 Å². The number of ether oxygens (including phenoxy) is 1. The van der Waals surface area contributed by atoms with Crippen molar-refractivity contribution in [1.82, 2.24) is 10.2 Å². The zero-order chi connectivity index (χ0) is 21.8. The SMILES string of the molecule is CCCCNC(=O)[C@H](C)N(Cc1ccccc1)C(=O)CCCOc1ccc(Cl)cc1. The molecule has 0 aliphatic carbocycles. The molecule has 1 atom stereocenters. The summed E-state index contributed by atoms with van der Waals surface area (Å²) in [5, 5.41) is 3.58. The van der Waals surface area contributed by atoms with E-state index in [0.717, 1.165) is 24.2 Å². The number of unbranched alkanes of at least 4 members (excludes halogenated alkanes) is 1. The third kappa shape index (κ3) is 8.07.